The van der Waals surface area contributed by atoms with Crippen LogP contribution in [0.25, 0.3) is 0 Å². The van der Waals surface area contributed by atoms with Gasteiger partial charge in [-0.2, -0.15) is 0 Å². The Balaban J connectivity index is 2.32. The summed E-state index contributed by atoms with van der Waals surface area (Å²) < 4.78 is 5.61. The summed E-state index contributed by atoms with van der Waals surface area (Å²) in [7, 11) is 0. The Morgan fingerprint density at radius 3 is 2.50 bits per heavy atom. The molecule has 2 atom stereocenters. The molecule has 0 radical (unpaired) electrons. The summed E-state index contributed by atoms with van der Waals surface area (Å²) in [5.41, 5.74) is 6.01. The van der Waals surface area contributed by atoms with E-state index < -0.39 is 0 Å². The molecule has 0 spiro atoms. The fourth-order valence-electron chi connectivity index (χ4n) is 1.90. The quantitative estimate of drug-likeness (QED) is 0.690. The SMILES string of the molecule is CCOC1CCCCCCC1N. The van der Waals surface area contributed by atoms with Crippen LogP contribution in [0.2, 0.25) is 0 Å². The Bertz CT molecular complexity index is 116. The van der Waals surface area contributed by atoms with Crippen molar-refractivity contribution in [2.45, 2.75) is 57.6 Å². The highest BCUT2D eigenvalue weighted by Crippen LogP contribution is 2.18. The van der Waals surface area contributed by atoms with Gasteiger partial charge in [-0.05, 0) is 19.8 Å². The molecule has 0 saturated heterocycles. The summed E-state index contributed by atoms with van der Waals surface area (Å²) >= 11 is 0. The maximum Gasteiger partial charge on any atom is 0.0725 e. The molecule has 0 heterocycles. The number of rotatable bonds is 2. The van der Waals surface area contributed by atoms with E-state index in [0.717, 1.165) is 19.4 Å². The minimum Gasteiger partial charge on any atom is -0.377 e. The van der Waals surface area contributed by atoms with E-state index >= 15 is 0 Å². The zero-order valence-electron chi connectivity index (χ0n) is 8.09. The van der Waals surface area contributed by atoms with Crippen molar-refractivity contribution >= 4 is 0 Å². The van der Waals surface area contributed by atoms with E-state index in [2.05, 4.69) is 0 Å². The Morgan fingerprint density at radius 1 is 1.17 bits per heavy atom. The standard InChI is InChI=1S/C10H21NO/c1-2-12-10-8-6-4-3-5-7-9(10)11/h9-10H,2-8,11H2,1H3. The molecule has 0 amide bonds. The van der Waals surface area contributed by atoms with E-state index in [1.165, 1.54) is 25.7 Å². The molecule has 0 aromatic carbocycles. The molecule has 1 aliphatic rings. The molecule has 2 N–H and O–H groups in total. The maximum absolute atomic E-state index is 6.01. The van der Waals surface area contributed by atoms with Crippen LogP contribution in [0.1, 0.15) is 45.4 Å². The largest absolute Gasteiger partial charge is 0.377 e. The van der Waals surface area contributed by atoms with Crippen LogP contribution in [0.5, 0.6) is 0 Å². The Labute approximate surface area is 75.5 Å². The maximum atomic E-state index is 6.01. The summed E-state index contributed by atoms with van der Waals surface area (Å²) in [4.78, 5) is 0. The van der Waals surface area contributed by atoms with Crippen molar-refractivity contribution in [3.8, 4) is 0 Å². The lowest BCUT2D eigenvalue weighted by molar-refractivity contribution is 0.0310. The first-order valence-corrected chi connectivity index (χ1v) is 5.21. The van der Waals surface area contributed by atoms with Gasteiger partial charge in [-0.15, -0.1) is 0 Å². The molecule has 1 rings (SSSR count). The average Bonchev–Trinajstić information content (AvgIpc) is 2.05. The predicted octanol–water partition coefficient (Wildman–Crippen LogP) is 2.07. The van der Waals surface area contributed by atoms with E-state index in [4.69, 9.17) is 10.5 Å². The van der Waals surface area contributed by atoms with Crippen molar-refractivity contribution in [2.24, 2.45) is 5.73 Å². The molecule has 1 saturated carbocycles. The Kier molecular flexibility index (Phi) is 4.62. The molecular formula is C10H21NO. The van der Waals surface area contributed by atoms with E-state index in [-0.39, 0.29) is 6.04 Å². The molecule has 0 bridgehead atoms. The van der Waals surface area contributed by atoms with Gasteiger partial charge < -0.3 is 10.5 Å². The zero-order chi connectivity index (χ0) is 8.81. The summed E-state index contributed by atoms with van der Waals surface area (Å²) in [5.74, 6) is 0. The van der Waals surface area contributed by atoms with Crippen molar-refractivity contribution in [3.63, 3.8) is 0 Å². The van der Waals surface area contributed by atoms with Gasteiger partial charge in [0.15, 0.2) is 0 Å². The van der Waals surface area contributed by atoms with E-state index in [9.17, 15) is 0 Å². The van der Waals surface area contributed by atoms with Gasteiger partial charge in [-0.1, -0.05) is 25.7 Å². The van der Waals surface area contributed by atoms with E-state index in [1.807, 2.05) is 6.92 Å². The number of nitrogens with two attached hydrogens (primary N) is 1. The van der Waals surface area contributed by atoms with Gasteiger partial charge in [0.25, 0.3) is 0 Å². The molecule has 2 nitrogen and oxygen atoms in total. The molecule has 0 aromatic heterocycles. The lowest BCUT2D eigenvalue weighted by Crippen LogP contribution is -2.37. The molecule has 72 valence electrons. The fraction of sp³-hybridized carbons (Fsp3) is 1.00. The molecule has 1 fully saturated rings. The van der Waals surface area contributed by atoms with Crippen LogP contribution < -0.4 is 5.73 Å². The Hall–Kier alpha value is -0.0800. The van der Waals surface area contributed by atoms with Gasteiger partial charge in [0.1, 0.15) is 0 Å². The summed E-state index contributed by atoms with van der Waals surface area (Å²) in [6.45, 7) is 2.85. The third-order valence-corrected chi connectivity index (χ3v) is 2.63. The smallest absolute Gasteiger partial charge is 0.0725 e. The molecule has 0 aromatic rings. The van der Waals surface area contributed by atoms with E-state index in [0.29, 0.717) is 6.10 Å². The lowest BCUT2D eigenvalue weighted by atomic mass is 9.95. The molecule has 12 heavy (non-hydrogen) atoms. The second kappa shape index (κ2) is 5.55. The van der Waals surface area contributed by atoms with Crippen molar-refractivity contribution in [1.82, 2.24) is 0 Å². The number of hydrogen-bond donors (Lipinski definition) is 1. The highest BCUT2D eigenvalue weighted by Gasteiger charge is 2.18. The van der Waals surface area contributed by atoms with Crippen LogP contribution in [0.4, 0.5) is 0 Å². The fourth-order valence-corrected chi connectivity index (χ4v) is 1.90. The number of hydrogen-bond acceptors (Lipinski definition) is 2. The normalized spacial score (nSPS) is 32.5. The van der Waals surface area contributed by atoms with Crippen LogP contribution in [-0.2, 0) is 4.74 Å². The van der Waals surface area contributed by atoms with Gasteiger partial charge in [-0.3, -0.25) is 0 Å². The van der Waals surface area contributed by atoms with Crippen LogP contribution >= 0.6 is 0 Å². The van der Waals surface area contributed by atoms with Crippen LogP contribution in [0.15, 0.2) is 0 Å². The van der Waals surface area contributed by atoms with Gasteiger partial charge in [0, 0.05) is 12.6 Å². The second-order valence-electron chi connectivity index (χ2n) is 3.65. The van der Waals surface area contributed by atoms with Gasteiger partial charge >= 0.3 is 0 Å². The third-order valence-electron chi connectivity index (χ3n) is 2.63. The van der Waals surface area contributed by atoms with Crippen LogP contribution in [0.3, 0.4) is 0 Å². The highest BCUT2D eigenvalue weighted by atomic mass is 16.5. The Morgan fingerprint density at radius 2 is 1.83 bits per heavy atom. The lowest BCUT2D eigenvalue weighted by Gasteiger charge is -2.25. The first kappa shape index (κ1) is 10.0. The third kappa shape index (κ3) is 3.11. The van der Waals surface area contributed by atoms with Gasteiger partial charge in [0.2, 0.25) is 0 Å². The number of ether oxygens (including phenoxy) is 1. The highest BCUT2D eigenvalue weighted by molar-refractivity contribution is 4.75. The molecule has 0 aliphatic heterocycles. The topological polar surface area (TPSA) is 35.2 Å². The van der Waals surface area contributed by atoms with Gasteiger partial charge in [0.05, 0.1) is 6.10 Å². The molecule has 2 unspecified atom stereocenters. The van der Waals surface area contributed by atoms with Gasteiger partial charge in [-0.25, -0.2) is 0 Å². The predicted molar refractivity (Wildman–Crippen MR) is 51.1 cm³/mol. The summed E-state index contributed by atoms with van der Waals surface area (Å²) in [6.07, 6.45) is 7.92. The zero-order valence-corrected chi connectivity index (χ0v) is 8.09. The van der Waals surface area contributed by atoms with Crippen LogP contribution in [0, 0.1) is 0 Å². The molecular weight excluding hydrogens is 150 g/mol. The summed E-state index contributed by atoms with van der Waals surface area (Å²) in [6, 6.07) is 0.283. The minimum atomic E-state index is 0.283. The summed E-state index contributed by atoms with van der Waals surface area (Å²) in [5, 5.41) is 0. The first-order valence-electron chi connectivity index (χ1n) is 5.21. The van der Waals surface area contributed by atoms with Crippen molar-refractivity contribution in [3.05, 3.63) is 0 Å². The van der Waals surface area contributed by atoms with E-state index in [1.54, 1.807) is 0 Å². The van der Waals surface area contributed by atoms with Crippen molar-refractivity contribution in [2.75, 3.05) is 6.61 Å². The molecule has 2 heteroatoms. The monoisotopic (exact) mass is 171 g/mol. The van der Waals surface area contributed by atoms with Crippen molar-refractivity contribution in [1.29, 1.82) is 0 Å². The average molecular weight is 171 g/mol. The van der Waals surface area contributed by atoms with Crippen LogP contribution in [-0.4, -0.2) is 18.8 Å². The first-order chi connectivity index (χ1) is 5.84. The van der Waals surface area contributed by atoms with Crippen molar-refractivity contribution < 1.29 is 4.74 Å². The molecule has 1 aliphatic carbocycles. The minimum absolute atomic E-state index is 0.283. The second-order valence-corrected chi connectivity index (χ2v) is 3.65.